The topological polar surface area (TPSA) is 26.0 Å². The summed E-state index contributed by atoms with van der Waals surface area (Å²) in [6.07, 6.45) is 17.2. The second-order valence-corrected chi connectivity index (χ2v) is 8.98. The van der Waals surface area contributed by atoms with Gasteiger partial charge in [-0.3, -0.25) is 0 Å². The van der Waals surface area contributed by atoms with Crippen molar-refractivity contribution in [3.8, 4) is 0 Å². The molecule has 4 atom stereocenters. The minimum Gasteiger partial charge on any atom is -0.325 e. The zero-order valence-electron chi connectivity index (χ0n) is 14.4. The molecule has 0 aromatic heterocycles. The smallest absolute Gasteiger partial charge is 0.0214 e. The van der Waals surface area contributed by atoms with Gasteiger partial charge in [0.15, 0.2) is 0 Å². The zero-order chi connectivity index (χ0) is 14.9. The fraction of sp³-hybridized carbons (Fsp3) is 1.00. The average molecular weight is 292 g/mol. The highest BCUT2D eigenvalue weighted by Crippen LogP contribution is 2.50. The average Bonchev–Trinajstić information content (AvgIpc) is 2.47. The van der Waals surface area contributed by atoms with Crippen LogP contribution in [0, 0.1) is 29.6 Å². The van der Waals surface area contributed by atoms with Gasteiger partial charge in [0.05, 0.1) is 0 Å². The summed E-state index contributed by atoms with van der Waals surface area (Å²) >= 11 is 0. The second-order valence-electron chi connectivity index (χ2n) is 8.98. The Morgan fingerprint density at radius 3 is 2.05 bits per heavy atom. The van der Waals surface area contributed by atoms with Crippen molar-refractivity contribution in [3.05, 3.63) is 0 Å². The molecule has 0 bridgehead atoms. The van der Waals surface area contributed by atoms with Crippen LogP contribution in [0.3, 0.4) is 0 Å². The minimum absolute atomic E-state index is 0.184. The third-order valence-electron chi connectivity index (χ3n) is 7.22. The van der Waals surface area contributed by atoms with E-state index in [2.05, 4.69) is 13.8 Å². The molecule has 3 rings (SSSR count). The van der Waals surface area contributed by atoms with E-state index in [0.717, 1.165) is 29.6 Å². The van der Waals surface area contributed by atoms with Crippen LogP contribution >= 0.6 is 0 Å². The molecule has 0 heterocycles. The molecular formula is C20H37N. The lowest BCUT2D eigenvalue weighted by Gasteiger charge is -2.53. The quantitative estimate of drug-likeness (QED) is 0.711. The maximum atomic E-state index is 7.23. The normalized spacial score (nSPS) is 46.4. The highest BCUT2D eigenvalue weighted by atomic mass is 14.8. The Bertz CT molecular complexity index is 323. The van der Waals surface area contributed by atoms with Crippen molar-refractivity contribution in [2.24, 2.45) is 35.3 Å². The maximum Gasteiger partial charge on any atom is 0.0214 e. The SMILES string of the molecule is CC1CC(C)CC(C2(N)CCCCC2C2CCCCC2)C1. The molecule has 4 unspecified atom stereocenters. The van der Waals surface area contributed by atoms with Gasteiger partial charge >= 0.3 is 0 Å². The van der Waals surface area contributed by atoms with Crippen molar-refractivity contribution in [3.63, 3.8) is 0 Å². The molecule has 0 aliphatic heterocycles. The van der Waals surface area contributed by atoms with E-state index in [1.165, 1.54) is 77.0 Å². The molecular weight excluding hydrogens is 254 g/mol. The Hall–Kier alpha value is -0.0400. The van der Waals surface area contributed by atoms with Crippen LogP contribution in [-0.2, 0) is 0 Å². The van der Waals surface area contributed by atoms with E-state index < -0.39 is 0 Å². The van der Waals surface area contributed by atoms with Crippen LogP contribution in [-0.4, -0.2) is 5.54 Å². The fourth-order valence-electron chi connectivity index (χ4n) is 6.35. The standard InChI is InChI=1S/C20H37N/c1-15-12-16(2)14-18(13-15)20(21)11-7-6-10-19(20)17-8-4-3-5-9-17/h15-19H,3-14,21H2,1-2H3. The van der Waals surface area contributed by atoms with Gasteiger partial charge in [-0.05, 0) is 61.7 Å². The van der Waals surface area contributed by atoms with E-state index in [4.69, 9.17) is 5.73 Å². The summed E-state index contributed by atoms with van der Waals surface area (Å²) in [5.74, 6) is 4.40. The molecule has 2 N–H and O–H groups in total. The van der Waals surface area contributed by atoms with Gasteiger partial charge < -0.3 is 5.73 Å². The Morgan fingerprint density at radius 1 is 0.762 bits per heavy atom. The first-order valence-corrected chi connectivity index (χ1v) is 9.88. The summed E-state index contributed by atoms with van der Waals surface area (Å²) in [7, 11) is 0. The van der Waals surface area contributed by atoms with Crippen molar-refractivity contribution < 1.29 is 0 Å². The van der Waals surface area contributed by atoms with E-state index in [0.29, 0.717) is 0 Å². The first kappa shape index (κ1) is 15.8. The lowest BCUT2D eigenvalue weighted by Crippen LogP contribution is -2.58. The van der Waals surface area contributed by atoms with Crippen LogP contribution in [0.5, 0.6) is 0 Å². The summed E-state index contributed by atoms with van der Waals surface area (Å²) < 4.78 is 0. The minimum atomic E-state index is 0.184. The monoisotopic (exact) mass is 291 g/mol. The summed E-state index contributed by atoms with van der Waals surface area (Å²) in [6.45, 7) is 4.93. The van der Waals surface area contributed by atoms with Crippen molar-refractivity contribution in [1.29, 1.82) is 0 Å². The van der Waals surface area contributed by atoms with Gasteiger partial charge in [0, 0.05) is 5.54 Å². The number of rotatable bonds is 2. The van der Waals surface area contributed by atoms with Crippen LogP contribution in [0.2, 0.25) is 0 Å². The highest BCUT2D eigenvalue weighted by Gasteiger charge is 2.47. The maximum absolute atomic E-state index is 7.23. The van der Waals surface area contributed by atoms with E-state index in [1.54, 1.807) is 0 Å². The number of hydrogen-bond donors (Lipinski definition) is 1. The van der Waals surface area contributed by atoms with Gasteiger partial charge in [-0.1, -0.05) is 58.8 Å². The Morgan fingerprint density at radius 2 is 1.38 bits per heavy atom. The first-order valence-electron chi connectivity index (χ1n) is 9.88. The van der Waals surface area contributed by atoms with Crippen molar-refractivity contribution >= 4 is 0 Å². The molecule has 1 nitrogen and oxygen atoms in total. The molecule has 0 radical (unpaired) electrons. The van der Waals surface area contributed by atoms with Crippen LogP contribution in [0.1, 0.15) is 90.9 Å². The number of nitrogens with two attached hydrogens (primary N) is 1. The molecule has 0 spiro atoms. The van der Waals surface area contributed by atoms with Crippen LogP contribution in [0.4, 0.5) is 0 Å². The van der Waals surface area contributed by atoms with Gasteiger partial charge in [0.25, 0.3) is 0 Å². The molecule has 3 fully saturated rings. The predicted octanol–water partition coefficient (Wildman–Crippen LogP) is 5.53. The van der Waals surface area contributed by atoms with Gasteiger partial charge in [-0.25, -0.2) is 0 Å². The van der Waals surface area contributed by atoms with Gasteiger partial charge in [0.1, 0.15) is 0 Å². The third kappa shape index (κ3) is 3.33. The van der Waals surface area contributed by atoms with E-state index in [1.807, 2.05) is 0 Å². The molecule has 0 aromatic rings. The Labute approximate surface area is 132 Å². The fourth-order valence-corrected chi connectivity index (χ4v) is 6.35. The molecule has 21 heavy (non-hydrogen) atoms. The van der Waals surface area contributed by atoms with Gasteiger partial charge in [-0.2, -0.15) is 0 Å². The Balaban J connectivity index is 1.77. The lowest BCUT2D eigenvalue weighted by molar-refractivity contribution is 0.0195. The van der Waals surface area contributed by atoms with Gasteiger partial charge in [-0.15, -0.1) is 0 Å². The van der Waals surface area contributed by atoms with E-state index in [-0.39, 0.29) is 5.54 Å². The molecule has 3 aliphatic carbocycles. The molecule has 3 saturated carbocycles. The lowest BCUT2D eigenvalue weighted by atomic mass is 9.56. The summed E-state index contributed by atoms with van der Waals surface area (Å²) in [5.41, 5.74) is 7.42. The van der Waals surface area contributed by atoms with Crippen LogP contribution in [0.25, 0.3) is 0 Å². The molecule has 3 aliphatic rings. The molecule has 1 heteroatoms. The summed E-state index contributed by atoms with van der Waals surface area (Å²) in [5, 5.41) is 0. The largest absolute Gasteiger partial charge is 0.325 e. The highest BCUT2D eigenvalue weighted by molar-refractivity contribution is 5.03. The molecule has 0 aromatic carbocycles. The van der Waals surface area contributed by atoms with E-state index >= 15 is 0 Å². The number of hydrogen-bond acceptors (Lipinski definition) is 1. The Kier molecular flexibility index (Phi) is 4.98. The van der Waals surface area contributed by atoms with E-state index in [9.17, 15) is 0 Å². The molecule has 0 saturated heterocycles. The second kappa shape index (κ2) is 6.60. The van der Waals surface area contributed by atoms with Crippen LogP contribution < -0.4 is 5.73 Å². The first-order chi connectivity index (χ1) is 10.1. The summed E-state index contributed by atoms with van der Waals surface area (Å²) in [4.78, 5) is 0. The molecule has 0 amide bonds. The summed E-state index contributed by atoms with van der Waals surface area (Å²) in [6, 6.07) is 0. The molecule has 122 valence electrons. The van der Waals surface area contributed by atoms with Gasteiger partial charge in [0.2, 0.25) is 0 Å². The van der Waals surface area contributed by atoms with Crippen molar-refractivity contribution in [2.45, 2.75) is 96.4 Å². The zero-order valence-corrected chi connectivity index (χ0v) is 14.4. The third-order valence-corrected chi connectivity index (χ3v) is 7.22. The van der Waals surface area contributed by atoms with Crippen molar-refractivity contribution in [1.82, 2.24) is 0 Å². The predicted molar refractivity (Wildman–Crippen MR) is 91.1 cm³/mol. The van der Waals surface area contributed by atoms with Crippen LogP contribution in [0.15, 0.2) is 0 Å². The van der Waals surface area contributed by atoms with Crippen molar-refractivity contribution in [2.75, 3.05) is 0 Å².